The lowest BCUT2D eigenvalue weighted by Crippen LogP contribution is -1.89. The minimum Gasteiger partial charge on any atom is -0.374 e. The number of allylic oxidation sites excluding steroid dienone is 1. The van der Waals surface area contributed by atoms with E-state index in [1.165, 1.54) is 6.08 Å². The van der Waals surface area contributed by atoms with Gasteiger partial charge in [-0.15, -0.1) is 6.58 Å². The Morgan fingerprint density at radius 3 is 2.17 bits per heavy atom. The van der Waals surface area contributed by atoms with E-state index in [0.29, 0.717) is 0 Å². The average molecular weight is 106 g/mol. The highest BCUT2D eigenvalue weighted by atomic mass is 27.3. The van der Waals surface area contributed by atoms with Gasteiger partial charge in [-0.1, -0.05) is 6.08 Å². The molecule has 0 amide bonds. The zero-order chi connectivity index (χ0) is 4.99. The first-order valence-corrected chi connectivity index (χ1v) is 3.35. The lowest BCUT2D eigenvalue weighted by Gasteiger charge is -1.74. The average Bonchev–Trinajstić information content (AvgIpc) is 1.35. The summed E-state index contributed by atoms with van der Waals surface area (Å²) in [4.78, 5) is 0. The highest BCUT2D eigenvalue weighted by molar-refractivity contribution is 6.43. The van der Waals surface area contributed by atoms with Gasteiger partial charge in [-0.2, -0.15) is 0 Å². The Hall–Kier alpha value is 0.132. The molecular formula is C3H5AlF2. The fourth-order valence-corrected chi connectivity index (χ4v) is 0.378. The van der Waals surface area contributed by atoms with Crippen LogP contribution in [0.15, 0.2) is 12.7 Å². The Kier molecular flexibility index (Phi) is 3.40. The van der Waals surface area contributed by atoms with Gasteiger partial charge in [0, 0.05) is 0 Å². The van der Waals surface area contributed by atoms with Gasteiger partial charge in [0.15, 0.2) is 0 Å². The van der Waals surface area contributed by atoms with E-state index in [1.54, 1.807) is 0 Å². The van der Waals surface area contributed by atoms with Crippen molar-refractivity contribution in [2.24, 2.45) is 0 Å². The molecule has 0 fully saturated rings. The van der Waals surface area contributed by atoms with Crippen molar-refractivity contribution in [3.05, 3.63) is 12.7 Å². The third-order valence-corrected chi connectivity index (χ3v) is 1.03. The van der Waals surface area contributed by atoms with Gasteiger partial charge in [0.05, 0.1) is 0 Å². The monoisotopic (exact) mass is 106 g/mol. The molecule has 0 atom stereocenters. The van der Waals surface area contributed by atoms with Crippen molar-refractivity contribution in [1.29, 1.82) is 0 Å². The number of halogens is 2. The first kappa shape index (κ1) is 6.13. The lowest BCUT2D eigenvalue weighted by atomic mass is 10.8. The van der Waals surface area contributed by atoms with E-state index >= 15 is 0 Å². The van der Waals surface area contributed by atoms with Crippen LogP contribution in [0.25, 0.3) is 0 Å². The van der Waals surface area contributed by atoms with Crippen LogP contribution in [0.4, 0.5) is 7.05 Å². The quantitative estimate of drug-likeness (QED) is 0.370. The second-order valence-corrected chi connectivity index (χ2v) is 2.17. The Morgan fingerprint density at radius 1 is 1.67 bits per heavy atom. The van der Waals surface area contributed by atoms with E-state index in [2.05, 4.69) is 6.58 Å². The van der Waals surface area contributed by atoms with Crippen molar-refractivity contribution >= 4 is 15.1 Å². The van der Waals surface area contributed by atoms with Gasteiger partial charge in [0.2, 0.25) is 0 Å². The highest BCUT2D eigenvalue weighted by Crippen LogP contribution is 1.92. The van der Waals surface area contributed by atoms with E-state index < -0.39 is 15.1 Å². The zero-order valence-corrected chi connectivity index (χ0v) is 4.48. The molecule has 0 saturated heterocycles. The van der Waals surface area contributed by atoms with Crippen LogP contribution >= 0.6 is 0 Å². The standard InChI is InChI=1S/C3H5.Al.2FH/c1-3-2;;;/h3H,1-2H2;;2*1H/q;+2;;/p-2. The third kappa shape index (κ3) is 4.13. The molecule has 0 spiro atoms. The second-order valence-electron chi connectivity index (χ2n) is 0.915. The molecule has 0 heterocycles. The zero-order valence-electron chi connectivity index (χ0n) is 3.32. The summed E-state index contributed by atoms with van der Waals surface area (Å²) in [6, 6.07) is 0. The van der Waals surface area contributed by atoms with Gasteiger partial charge in [-0.05, 0) is 5.28 Å². The van der Waals surface area contributed by atoms with Gasteiger partial charge < -0.3 is 7.05 Å². The maximum atomic E-state index is 11.1. The fourth-order valence-electron chi connectivity index (χ4n) is 0.126. The molecule has 0 nitrogen and oxygen atoms in total. The summed E-state index contributed by atoms with van der Waals surface area (Å²) >= 11 is -3.29. The van der Waals surface area contributed by atoms with Crippen LogP contribution < -0.4 is 0 Å². The summed E-state index contributed by atoms with van der Waals surface area (Å²) in [5, 5.41) is -0.0556. The highest BCUT2D eigenvalue weighted by Gasteiger charge is 2.15. The van der Waals surface area contributed by atoms with Crippen molar-refractivity contribution in [3.63, 3.8) is 0 Å². The molecule has 0 unspecified atom stereocenters. The molecule has 0 bridgehead atoms. The van der Waals surface area contributed by atoms with Crippen LogP contribution in [0, 0.1) is 0 Å². The van der Waals surface area contributed by atoms with Gasteiger partial charge in [-0.3, -0.25) is 0 Å². The minimum atomic E-state index is -3.29. The van der Waals surface area contributed by atoms with Crippen molar-refractivity contribution < 1.29 is 7.05 Å². The van der Waals surface area contributed by atoms with Crippen LogP contribution in [-0.4, -0.2) is 15.1 Å². The summed E-state index contributed by atoms with van der Waals surface area (Å²) in [5.74, 6) is 0. The third-order valence-electron chi connectivity index (χ3n) is 0.345. The normalized spacial score (nSPS) is 7.67. The molecule has 0 aliphatic rings. The minimum absolute atomic E-state index is 0.0556. The molecule has 0 rings (SSSR count). The Labute approximate surface area is 40.8 Å². The van der Waals surface area contributed by atoms with Crippen LogP contribution in [0.3, 0.4) is 0 Å². The molecule has 0 aliphatic heterocycles. The van der Waals surface area contributed by atoms with E-state index in [-0.39, 0.29) is 5.28 Å². The molecule has 0 saturated carbocycles. The van der Waals surface area contributed by atoms with Gasteiger partial charge >= 0.3 is 15.1 Å². The Morgan fingerprint density at radius 2 is 2.17 bits per heavy atom. The number of rotatable bonds is 2. The lowest BCUT2D eigenvalue weighted by molar-refractivity contribution is 0.664. The molecule has 0 N–H and O–H groups in total. The smallest absolute Gasteiger partial charge is 0.374 e. The summed E-state index contributed by atoms with van der Waals surface area (Å²) in [7, 11) is 0. The van der Waals surface area contributed by atoms with Crippen LogP contribution in [0.1, 0.15) is 0 Å². The first-order valence-electron chi connectivity index (χ1n) is 1.66. The molecule has 0 aromatic carbocycles. The van der Waals surface area contributed by atoms with Crippen LogP contribution in [0.5, 0.6) is 0 Å². The maximum absolute atomic E-state index is 11.1. The van der Waals surface area contributed by atoms with E-state index in [0.717, 1.165) is 0 Å². The molecule has 34 valence electrons. The van der Waals surface area contributed by atoms with Gasteiger partial charge in [-0.25, -0.2) is 0 Å². The summed E-state index contributed by atoms with van der Waals surface area (Å²) in [5.41, 5.74) is 0. The van der Waals surface area contributed by atoms with Crippen molar-refractivity contribution in [2.75, 3.05) is 0 Å². The molecule has 0 aromatic rings. The Balaban J connectivity index is 2.81. The molecule has 0 radical (unpaired) electrons. The number of hydrogen-bond donors (Lipinski definition) is 0. The van der Waals surface area contributed by atoms with Crippen molar-refractivity contribution in [3.8, 4) is 0 Å². The molecule has 0 aromatic heterocycles. The largest absolute Gasteiger partial charge is 0.762 e. The van der Waals surface area contributed by atoms with Crippen LogP contribution in [0.2, 0.25) is 5.28 Å². The topological polar surface area (TPSA) is 0 Å². The van der Waals surface area contributed by atoms with E-state index in [9.17, 15) is 7.05 Å². The number of hydrogen-bond acceptors (Lipinski definition) is 0. The molecule has 0 aliphatic carbocycles. The van der Waals surface area contributed by atoms with E-state index in [4.69, 9.17) is 0 Å². The second kappa shape index (κ2) is 3.33. The van der Waals surface area contributed by atoms with Gasteiger partial charge in [0.1, 0.15) is 0 Å². The summed E-state index contributed by atoms with van der Waals surface area (Å²) < 4.78 is 22.2. The fraction of sp³-hybridized carbons (Fsp3) is 0.333. The van der Waals surface area contributed by atoms with Crippen LogP contribution in [-0.2, 0) is 0 Å². The van der Waals surface area contributed by atoms with E-state index in [1.807, 2.05) is 0 Å². The predicted octanol–water partition coefficient (Wildman–Crippen LogP) is 1.60. The SMILES string of the molecule is C=C[CH2][Al]([F])[F]. The summed E-state index contributed by atoms with van der Waals surface area (Å²) in [6.45, 7) is 3.16. The van der Waals surface area contributed by atoms with Gasteiger partial charge in [0.25, 0.3) is 0 Å². The first-order chi connectivity index (χ1) is 2.77. The van der Waals surface area contributed by atoms with Crippen molar-refractivity contribution in [1.82, 2.24) is 0 Å². The predicted molar refractivity (Wildman–Crippen MR) is 23.0 cm³/mol. The van der Waals surface area contributed by atoms with Crippen molar-refractivity contribution in [2.45, 2.75) is 5.28 Å². The molecule has 6 heavy (non-hydrogen) atoms. The molecular weight excluding hydrogens is 101 g/mol. The maximum Gasteiger partial charge on any atom is 0.762 e. The molecule has 3 heteroatoms. The summed E-state index contributed by atoms with van der Waals surface area (Å²) in [6.07, 6.45) is 1.26. The Bertz CT molecular complexity index is 44.1.